The first kappa shape index (κ1) is 16.3. The van der Waals surface area contributed by atoms with Gasteiger partial charge in [0.05, 0.1) is 26.3 Å². The molecule has 0 aliphatic rings. The molecule has 0 saturated carbocycles. The van der Waals surface area contributed by atoms with Crippen molar-refractivity contribution in [1.82, 2.24) is 4.57 Å². The van der Waals surface area contributed by atoms with Gasteiger partial charge in [-0.3, -0.25) is 9.59 Å². The van der Waals surface area contributed by atoms with Gasteiger partial charge in [0.25, 0.3) is 5.56 Å². The zero-order chi connectivity index (χ0) is 16.3. The number of hydrogen-bond acceptors (Lipinski definition) is 4. The Hall–Kier alpha value is -2.08. The number of pyridine rings is 1. The Kier molecular flexibility index (Phi) is 5.03. The lowest BCUT2D eigenvalue weighted by atomic mass is 10.1. The third kappa shape index (κ3) is 3.39. The summed E-state index contributed by atoms with van der Waals surface area (Å²) in [5.41, 5.74) is 0.792. The van der Waals surface area contributed by atoms with E-state index < -0.39 is 0 Å². The van der Waals surface area contributed by atoms with E-state index in [0.29, 0.717) is 22.6 Å². The van der Waals surface area contributed by atoms with Gasteiger partial charge >= 0.3 is 0 Å². The van der Waals surface area contributed by atoms with Crippen LogP contribution in [0.2, 0.25) is 0 Å². The lowest BCUT2D eigenvalue weighted by molar-refractivity contribution is 0.0967. The van der Waals surface area contributed by atoms with Crippen molar-refractivity contribution in [2.24, 2.45) is 0 Å². The molecule has 0 radical (unpaired) electrons. The molecular formula is C16H16BrNO4. The molecule has 0 fully saturated rings. The topological polar surface area (TPSA) is 57.5 Å². The Labute approximate surface area is 136 Å². The summed E-state index contributed by atoms with van der Waals surface area (Å²) in [5.74, 6) is 0.812. The minimum Gasteiger partial charge on any atom is -0.497 e. The first-order chi connectivity index (χ1) is 10.5. The van der Waals surface area contributed by atoms with Crippen molar-refractivity contribution in [2.45, 2.75) is 13.5 Å². The molecular weight excluding hydrogens is 350 g/mol. The highest BCUT2D eigenvalue weighted by Crippen LogP contribution is 2.25. The number of rotatable bonds is 5. The second-order valence-corrected chi connectivity index (χ2v) is 5.68. The number of methoxy groups -OCH3 is 2. The Bertz CT molecular complexity index is 767. The van der Waals surface area contributed by atoms with Gasteiger partial charge in [0, 0.05) is 22.3 Å². The molecule has 22 heavy (non-hydrogen) atoms. The van der Waals surface area contributed by atoms with E-state index in [1.807, 2.05) is 0 Å². The third-order valence-corrected chi connectivity index (χ3v) is 3.69. The number of carbonyl (C=O) groups is 1. The molecule has 0 aliphatic heterocycles. The van der Waals surface area contributed by atoms with Gasteiger partial charge in [0.15, 0.2) is 5.78 Å². The maximum Gasteiger partial charge on any atom is 0.253 e. The van der Waals surface area contributed by atoms with E-state index in [4.69, 9.17) is 9.47 Å². The number of nitrogens with zero attached hydrogens (tertiary/aromatic N) is 1. The SMILES string of the molecule is COc1ccc(C(=O)Cn2cc(Br)cc(C)c2=O)c(OC)c1. The van der Waals surface area contributed by atoms with Crippen molar-refractivity contribution >= 4 is 21.7 Å². The Morgan fingerprint density at radius 1 is 1.23 bits per heavy atom. The molecule has 0 N–H and O–H groups in total. The maximum atomic E-state index is 12.5. The summed E-state index contributed by atoms with van der Waals surface area (Å²) in [7, 11) is 3.03. The molecule has 5 nitrogen and oxygen atoms in total. The summed E-state index contributed by atoms with van der Waals surface area (Å²) in [6.07, 6.45) is 1.60. The highest BCUT2D eigenvalue weighted by molar-refractivity contribution is 9.10. The number of carbonyl (C=O) groups excluding carboxylic acids is 1. The first-order valence-electron chi connectivity index (χ1n) is 6.58. The van der Waals surface area contributed by atoms with Gasteiger partial charge in [-0.1, -0.05) is 0 Å². The maximum absolute atomic E-state index is 12.5. The first-order valence-corrected chi connectivity index (χ1v) is 7.37. The van der Waals surface area contributed by atoms with E-state index >= 15 is 0 Å². The van der Waals surface area contributed by atoms with Crippen molar-refractivity contribution in [3.8, 4) is 11.5 Å². The average molecular weight is 366 g/mol. The van der Waals surface area contributed by atoms with Gasteiger partial charge in [0.2, 0.25) is 0 Å². The van der Waals surface area contributed by atoms with Crippen LogP contribution < -0.4 is 15.0 Å². The second kappa shape index (κ2) is 6.79. The van der Waals surface area contributed by atoms with Crippen LogP contribution in [0.25, 0.3) is 0 Å². The molecule has 1 heterocycles. The molecule has 6 heteroatoms. The summed E-state index contributed by atoms with van der Waals surface area (Å²) in [5, 5.41) is 0. The summed E-state index contributed by atoms with van der Waals surface area (Å²) in [6.45, 7) is 1.66. The molecule has 0 bridgehead atoms. The van der Waals surface area contributed by atoms with Gasteiger partial charge in [-0.2, -0.15) is 0 Å². The smallest absolute Gasteiger partial charge is 0.253 e. The molecule has 0 saturated heterocycles. The third-order valence-electron chi connectivity index (χ3n) is 3.25. The quantitative estimate of drug-likeness (QED) is 0.764. The number of halogens is 1. The zero-order valence-corrected chi connectivity index (χ0v) is 14.1. The van der Waals surface area contributed by atoms with E-state index in [2.05, 4.69) is 15.9 Å². The number of ketones is 1. The van der Waals surface area contributed by atoms with Crippen LogP contribution in [-0.4, -0.2) is 24.6 Å². The molecule has 0 spiro atoms. The molecule has 1 aromatic heterocycles. The van der Waals surface area contributed by atoms with Crippen LogP contribution in [0.1, 0.15) is 15.9 Å². The minimum absolute atomic E-state index is 0.0538. The van der Waals surface area contributed by atoms with Crippen molar-refractivity contribution in [3.63, 3.8) is 0 Å². The molecule has 0 aliphatic carbocycles. The van der Waals surface area contributed by atoms with Gasteiger partial charge in [-0.15, -0.1) is 0 Å². The zero-order valence-electron chi connectivity index (χ0n) is 12.6. The predicted octanol–water partition coefficient (Wildman–Crippen LogP) is 2.82. The Morgan fingerprint density at radius 3 is 2.59 bits per heavy atom. The van der Waals surface area contributed by atoms with Crippen LogP contribution in [-0.2, 0) is 6.54 Å². The molecule has 1 aromatic carbocycles. The van der Waals surface area contributed by atoms with Gasteiger partial charge < -0.3 is 14.0 Å². The molecule has 2 rings (SSSR count). The highest BCUT2D eigenvalue weighted by atomic mass is 79.9. The van der Waals surface area contributed by atoms with Crippen LogP contribution in [0.4, 0.5) is 0 Å². The minimum atomic E-state index is -0.209. The molecule has 0 amide bonds. The predicted molar refractivity (Wildman–Crippen MR) is 87.0 cm³/mol. The van der Waals surface area contributed by atoms with Gasteiger partial charge in [-0.25, -0.2) is 0 Å². The van der Waals surface area contributed by atoms with E-state index in [1.165, 1.54) is 11.7 Å². The van der Waals surface area contributed by atoms with Crippen LogP contribution in [0, 0.1) is 6.92 Å². The molecule has 0 unspecified atom stereocenters. The van der Waals surface area contributed by atoms with Crippen molar-refractivity contribution in [1.29, 1.82) is 0 Å². The highest BCUT2D eigenvalue weighted by Gasteiger charge is 2.15. The normalized spacial score (nSPS) is 10.4. The van der Waals surface area contributed by atoms with Crippen LogP contribution in [0.5, 0.6) is 11.5 Å². The molecule has 2 aromatic rings. The summed E-state index contributed by atoms with van der Waals surface area (Å²) >= 11 is 3.33. The fourth-order valence-electron chi connectivity index (χ4n) is 2.13. The Balaban J connectivity index is 2.36. The van der Waals surface area contributed by atoms with Gasteiger partial charge in [0.1, 0.15) is 11.5 Å². The fraction of sp³-hybridized carbons (Fsp3) is 0.250. The fourth-order valence-corrected chi connectivity index (χ4v) is 2.72. The summed E-state index contributed by atoms with van der Waals surface area (Å²) < 4.78 is 12.5. The molecule has 116 valence electrons. The average Bonchev–Trinajstić information content (AvgIpc) is 2.51. The van der Waals surface area contributed by atoms with E-state index in [9.17, 15) is 9.59 Å². The summed E-state index contributed by atoms with van der Waals surface area (Å²) in [4.78, 5) is 24.6. The number of ether oxygens (including phenoxy) is 2. The number of benzene rings is 1. The van der Waals surface area contributed by atoms with E-state index in [-0.39, 0.29) is 17.9 Å². The lowest BCUT2D eigenvalue weighted by Gasteiger charge is -2.11. The van der Waals surface area contributed by atoms with E-state index in [0.717, 1.165) is 4.47 Å². The lowest BCUT2D eigenvalue weighted by Crippen LogP contribution is -2.25. The Morgan fingerprint density at radius 2 is 1.95 bits per heavy atom. The van der Waals surface area contributed by atoms with Crippen molar-refractivity contribution in [3.05, 3.63) is 56.4 Å². The van der Waals surface area contributed by atoms with E-state index in [1.54, 1.807) is 44.5 Å². The number of hydrogen-bond donors (Lipinski definition) is 0. The molecule has 0 atom stereocenters. The van der Waals surface area contributed by atoms with Crippen molar-refractivity contribution < 1.29 is 14.3 Å². The standard InChI is InChI=1S/C16H16BrNO4/c1-10-6-11(17)8-18(16(10)20)9-14(19)13-5-4-12(21-2)7-15(13)22-3/h4-8H,9H2,1-3H3. The van der Waals surface area contributed by atoms with Crippen LogP contribution in [0.15, 0.2) is 39.7 Å². The monoisotopic (exact) mass is 365 g/mol. The van der Waals surface area contributed by atoms with Gasteiger partial charge in [-0.05, 0) is 41.1 Å². The van der Waals surface area contributed by atoms with Crippen LogP contribution in [0.3, 0.4) is 0 Å². The number of aromatic nitrogens is 1. The summed E-state index contributed by atoms with van der Waals surface area (Å²) in [6, 6.07) is 6.68. The largest absolute Gasteiger partial charge is 0.497 e. The van der Waals surface area contributed by atoms with Crippen LogP contribution >= 0.6 is 15.9 Å². The number of Topliss-reactive ketones (excluding diaryl/α,β-unsaturated/α-hetero) is 1. The number of aryl methyl sites for hydroxylation is 1. The van der Waals surface area contributed by atoms with Crippen molar-refractivity contribution in [2.75, 3.05) is 14.2 Å². The second-order valence-electron chi connectivity index (χ2n) is 4.76.